The summed E-state index contributed by atoms with van der Waals surface area (Å²) < 4.78 is 22.4. The van der Waals surface area contributed by atoms with Gasteiger partial charge in [-0.25, -0.2) is 4.79 Å². The largest absolute Gasteiger partial charge is 0.459 e. The van der Waals surface area contributed by atoms with Crippen LogP contribution in [0.5, 0.6) is 0 Å². The third kappa shape index (κ3) is 8.84. The van der Waals surface area contributed by atoms with Crippen LogP contribution in [0.25, 0.3) is 0 Å². The SMILES string of the molecule is C#CC[N+](C)(C)CC(=O)OC1O[C@@H](C)C(OC(=O)CCC)C[C@H]1OC(=O)CCC. The van der Waals surface area contributed by atoms with Crippen LogP contribution in [0.4, 0.5) is 0 Å². The summed E-state index contributed by atoms with van der Waals surface area (Å²) in [5.41, 5.74) is 0. The van der Waals surface area contributed by atoms with Crippen molar-refractivity contribution in [1.29, 1.82) is 0 Å². The van der Waals surface area contributed by atoms with Crippen LogP contribution < -0.4 is 0 Å². The van der Waals surface area contributed by atoms with Gasteiger partial charge in [0, 0.05) is 19.3 Å². The van der Waals surface area contributed by atoms with Crippen LogP contribution in [0.2, 0.25) is 0 Å². The molecule has 1 saturated heterocycles. The minimum absolute atomic E-state index is 0.0446. The van der Waals surface area contributed by atoms with Crippen molar-refractivity contribution in [1.82, 2.24) is 0 Å². The lowest BCUT2D eigenvalue weighted by molar-refractivity contribution is -0.875. The number of hydrogen-bond donors (Lipinski definition) is 0. The predicted molar refractivity (Wildman–Crippen MR) is 105 cm³/mol. The zero-order chi connectivity index (χ0) is 22.0. The molecule has 0 aliphatic carbocycles. The molecule has 0 saturated carbocycles. The van der Waals surface area contributed by atoms with E-state index < -0.39 is 36.5 Å². The normalized spacial score (nSPS) is 24.3. The Hall–Kier alpha value is -2.11. The lowest BCUT2D eigenvalue weighted by Crippen LogP contribution is -2.52. The quantitative estimate of drug-likeness (QED) is 0.234. The minimum atomic E-state index is -1.06. The van der Waals surface area contributed by atoms with Crippen molar-refractivity contribution < 1.29 is 37.8 Å². The predicted octanol–water partition coefficient (Wildman–Crippen LogP) is 1.80. The van der Waals surface area contributed by atoms with Crippen molar-refractivity contribution in [2.24, 2.45) is 0 Å². The van der Waals surface area contributed by atoms with Gasteiger partial charge in [-0.05, 0) is 25.7 Å². The summed E-state index contributed by atoms with van der Waals surface area (Å²) in [6.45, 7) is 5.88. The van der Waals surface area contributed by atoms with Crippen molar-refractivity contribution in [3.8, 4) is 12.3 Å². The maximum Gasteiger partial charge on any atom is 0.364 e. The highest BCUT2D eigenvalue weighted by Gasteiger charge is 2.42. The monoisotopic (exact) mass is 412 g/mol. The zero-order valence-electron chi connectivity index (χ0n) is 18.1. The van der Waals surface area contributed by atoms with E-state index >= 15 is 0 Å². The number of terminal acetylenes is 1. The highest BCUT2D eigenvalue weighted by Crippen LogP contribution is 2.27. The van der Waals surface area contributed by atoms with Crippen molar-refractivity contribution in [2.75, 3.05) is 27.2 Å². The molecule has 1 fully saturated rings. The average molecular weight is 413 g/mol. The number of quaternary nitrogens is 1. The third-order valence-corrected chi connectivity index (χ3v) is 4.44. The summed E-state index contributed by atoms with van der Waals surface area (Å²) in [4.78, 5) is 36.3. The fraction of sp³-hybridized carbons (Fsp3) is 0.762. The first-order valence-electron chi connectivity index (χ1n) is 10.1. The van der Waals surface area contributed by atoms with Gasteiger partial charge in [-0.3, -0.25) is 9.59 Å². The van der Waals surface area contributed by atoms with Gasteiger partial charge in [-0.2, -0.15) is 0 Å². The highest BCUT2D eigenvalue weighted by atomic mass is 16.7. The van der Waals surface area contributed by atoms with E-state index in [0.717, 1.165) is 0 Å². The summed E-state index contributed by atoms with van der Waals surface area (Å²) in [5.74, 6) is 1.25. The second kappa shape index (κ2) is 11.8. The molecule has 1 rings (SSSR count). The smallest absolute Gasteiger partial charge is 0.364 e. The Balaban J connectivity index is 2.84. The molecule has 8 nitrogen and oxygen atoms in total. The summed E-state index contributed by atoms with van der Waals surface area (Å²) in [7, 11) is 3.63. The van der Waals surface area contributed by atoms with Gasteiger partial charge >= 0.3 is 17.9 Å². The van der Waals surface area contributed by atoms with E-state index in [-0.39, 0.29) is 29.8 Å². The molecule has 0 N–H and O–H groups in total. The van der Waals surface area contributed by atoms with E-state index in [9.17, 15) is 14.4 Å². The molecule has 0 aromatic rings. The standard InChI is InChI=1S/C21H34NO7/c1-7-10-18(23)27-16-13-17(28-19(24)11-8-2)21(26-15(16)4)29-20(25)14-22(5,6)12-9-3/h3,15-17,21H,7-8,10-14H2,1-2,4-6H3/q+1/t15-,16?,17+,21?/m0/s1. The average Bonchev–Trinajstić information content (AvgIpc) is 2.58. The van der Waals surface area contributed by atoms with Gasteiger partial charge < -0.3 is 23.4 Å². The van der Waals surface area contributed by atoms with Gasteiger partial charge in [0.1, 0.15) is 12.6 Å². The number of likely N-dealkylation sites (N-methyl/N-ethyl adjacent to an activating group) is 1. The first kappa shape index (κ1) is 24.9. The Morgan fingerprint density at radius 3 is 2.07 bits per heavy atom. The van der Waals surface area contributed by atoms with Gasteiger partial charge in [-0.1, -0.05) is 13.8 Å². The van der Waals surface area contributed by atoms with E-state index in [1.165, 1.54) is 0 Å². The second-order valence-electron chi connectivity index (χ2n) is 7.95. The van der Waals surface area contributed by atoms with Gasteiger partial charge in [0.25, 0.3) is 0 Å². The van der Waals surface area contributed by atoms with Gasteiger partial charge in [0.2, 0.25) is 6.29 Å². The second-order valence-corrected chi connectivity index (χ2v) is 7.95. The summed E-state index contributed by atoms with van der Waals surface area (Å²) in [6.07, 6.45) is 4.35. The molecule has 8 heteroatoms. The third-order valence-electron chi connectivity index (χ3n) is 4.44. The summed E-state index contributed by atoms with van der Waals surface area (Å²) in [5, 5.41) is 0. The first-order chi connectivity index (χ1) is 13.6. The highest BCUT2D eigenvalue weighted by molar-refractivity contribution is 5.71. The molecular formula is C21H34NO7+. The molecular weight excluding hydrogens is 378 g/mol. The fourth-order valence-corrected chi connectivity index (χ4v) is 2.95. The van der Waals surface area contributed by atoms with E-state index in [4.69, 9.17) is 25.4 Å². The lowest BCUT2D eigenvalue weighted by atomic mass is 10.0. The Bertz CT molecular complexity index is 611. The van der Waals surface area contributed by atoms with Crippen LogP contribution in [0.15, 0.2) is 0 Å². The van der Waals surface area contributed by atoms with Crippen molar-refractivity contribution in [2.45, 2.75) is 77.5 Å². The molecule has 0 amide bonds. The van der Waals surface area contributed by atoms with Crippen LogP contribution in [0, 0.1) is 12.3 Å². The fourth-order valence-electron chi connectivity index (χ4n) is 2.95. The molecule has 4 atom stereocenters. The molecule has 2 unspecified atom stereocenters. The number of rotatable bonds is 10. The summed E-state index contributed by atoms with van der Waals surface area (Å²) in [6, 6.07) is 0. The van der Waals surface area contributed by atoms with E-state index in [2.05, 4.69) is 5.92 Å². The van der Waals surface area contributed by atoms with Crippen LogP contribution in [0.3, 0.4) is 0 Å². The molecule has 0 radical (unpaired) electrons. The zero-order valence-corrected chi connectivity index (χ0v) is 18.1. The molecule has 0 spiro atoms. The topological polar surface area (TPSA) is 88.1 Å². The van der Waals surface area contributed by atoms with E-state index in [0.29, 0.717) is 25.8 Å². The van der Waals surface area contributed by atoms with Crippen LogP contribution in [-0.2, 0) is 33.3 Å². The number of nitrogens with zero attached hydrogens (tertiary/aromatic N) is 1. The molecule has 0 aromatic heterocycles. The molecule has 1 aliphatic heterocycles. The number of hydrogen-bond acceptors (Lipinski definition) is 7. The molecule has 29 heavy (non-hydrogen) atoms. The van der Waals surface area contributed by atoms with Crippen molar-refractivity contribution in [3.05, 3.63) is 0 Å². The Morgan fingerprint density at radius 1 is 1.00 bits per heavy atom. The van der Waals surface area contributed by atoms with Gasteiger partial charge in [0.05, 0.1) is 20.2 Å². The molecule has 0 bridgehead atoms. The van der Waals surface area contributed by atoms with Crippen LogP contribution in [0.1, 0.15) is 52.9 Å². The summed E-state index contributed by atoms with van der Waals surface area (Å²) >= 11 is 0. The van der Waals surface area contributed by atoms with Crippen molar-refractivity contribution >= 4 is 17.9 Å². The number of ether oxygens (including phenoxy) is 4. The lowest BCUT2D eigenvalue weighted by Gasteiger charge is -2.38. The van der Waals surface area contributed by atoms with E-state index in [1.54, 1.807) is 6.92 Å². The molecule has 0 aromatic carbocycles. The number of esters is 3. The molecule has 1 heterocycles. The van der Waals surface area contributed by atoms with Gasteiger partial charge in [-0.15, -0.1) is 6.42 Å². The number of carbonyl (C=O) groups excluding carboxylic acids is 3. The Kier molecular flexibility index (Phi) is 10.1. The Labute approximate surface area is 173 Å². The molecule has 1 aliphatic rings. The number of carbonyl (C=O) groups is 3. The van der Waals surface area contributed by atoms with Crippen LogP contribution in [-0.4, -0.2) is 74.2 Å². The maximum absolute atomic E-state index is 12.4. The Morgan fingerprint density at radius 2 is 1.55 bits per heavy atom. The van der Waals surface area contributed by atoms with Gasteiger partial charge in [0.15, 0.2) is 12.6 Å². The van der Waals surface area contributed by atoms with E-state index in [1.807, 2.05) is 27.9 Å². The van der Waals surface area contributed by atoms with Crippen molar-refractivity contribution in [3.63, 3.8) is 0 Å². The van der Waals surface area contributed by atoms with Crippen LogP contribution >= 0.6 is 0 Å². The first-order valence-corrected chi connectivity index (χ1v) is 10.1. The maximum atomic E-state index is 12.4. The minimum Gasteiger partial charge on any atom is -0.459 e. The molecule has 164 valence electrons.